The molecule has 24 heavy (non-hydrogen) atoms. The summed E-state index contributed by atoms with van der Waals surface area (Å²) in [6.07, 6.45) is 2.08. The fourth-order valence-electron chi connectivity index (χ4n) is 2.30. The molecule has 1 fully saturated rings. The number of hydrogen-bond acceptors (Lipinski definition) is 4. The van der Waals surface area contributed by atoms with Gasteiger partial charge in [-0.1, -0.05) is 13.8 Å². The number of aliphatic carboxylic acids is 1. The molecule has 0 bridgehead atoms. The van der Waals surface area contributed by atoms with E-state index in [2.05, 4.69) is 19.2 Å². The van der Waals surface area contributed by atoms with Crippen LogP contribution in [0.25, 0.3) is 0 Å². The van der Waals surface area contributed by atoms with Crippen LogP contribution in [0.1, 0.15) is 43.5 Å². The highest BCUT2D eigenvalue weighted by Crippen LogP contribution is 2.45. The van der Waals surface area contributed by atoms with E-state index >= 15 is 0 Å². The highest BCUT2D eigenvalue weighted by atomic mass is 16.5. The number of carbonyl (C=O) groups is 2. The van der Waals surface area contributed by atoms with Gasteiger partial charge in [0.1, 0.15) is 11.5 Å². The van der Waals surface area contributed by atoms with Gasteiger partial charge in [-0.2, -0.15) is 0 Å². The lowest BCUT2D eigenvalue weighted by Crippen LogP contribution is -2.34. The topological polar surface area (TPSA) is 84.9 Å². The first-order valence-corrected chi connectivity index (χ1v) is 8.20. The summed E-state index contributed by atoms with van der Waals surface area (Å²) < 4.78 is 10.9. The summed E-state index contributed by atoms with van der Waals surface area (Å²) in [6.45, 7) is 4.84. The summed E-state index contributed by atoms with van der Waals surface area (Å²) in [5.74, 6) is 0.372. The Morgan fingerprint density at radius 3 is 2.58 bits per heavy atom. The molecule has 0 radical (unpaired) electrons. The number of carbonyl (C=O) groups excluding carboxylic acids is 1. The average molecular weight is 335 g/mol. The summed E-state index contributed by atoms with van der Waals surface area (Å²) in [6, 6.07) is 5.01. The molecule has 0 unspecified atom stereocenters. The van der Waals surface area contributed by atoms with Crippen molar-refractivity contribution < 1.29 is 24.2 Å². The summed E-state index contributed by atoms with van der Waals surface area (Å²) in [7, 11) is 1.55. The maximum atomic E-state index is 12.4. The molecule has 1 aromatic carbocycles. The van der Waals surface area contributed by atoms with Gasteiger partial charge in [-0.05, 0) is 37.3 Å². The van der Waals surface area contributed by atoms with E-state index in [4.69, 9.17) is 9.47 Å². The maximum Gasteiger partial charge on any atom is 0.311 e. The molecule has 0 aliphatic heterocycles. The molecular formula is C18H25NO5. The van der Waals surface area contributed by atoms with Crippen molar-refractivity contribution in [3.63, 3.8) is 0 Å². The number of hydrogen-bond donors (Lipinski definition) is 2. The predicted molar refractivity (Wildman–Crippen MR) is 89.6 cm³/mol. The Hall–Kier alpha value is -2.24. The zero-order chi connectivity index (χ0) is 17.7. The Labute approximate surface area is 142 Å². The van der Waals surface area contributed by atoms with E-state index in [0.29, 0.717) is 42.4 Å². The van der Waals surface area contributed by atoms with Gasteiger partial charge in [-0.3, -0.25) is 9.59 Å². The monoisotopic (exact) mass is 335 g/mol. The molecule has 132 valence electrons. The van der Waals surface area contributed by atoms with E-state index in [1.165, 1.54) is 0 Å². The van der Waals surface area contributed by atoms with E-state index in [1.54, 1.807) is 25.3 Å². The van der Waals surface area contributed by atoms with Gasteiger partial charge in [0.2, 0.25) is 0 Å². The van der Waals surface area contributed by atoms with Gasteiger partial charge in [0.05, 0.1) is 24.7 Å². The minimum absolute atomic E-state index is 0.138. The second-order valence-corrected chi connectivity index (χ2v) is 6.66. The smallest absolute Gasteiger partial charge is 0.311 e. The maximum absolute atomic E-state index is 12.4. The van der Waals surface area contributed by atoms with Crippen molar-refractivity contribution in [2.45, 2.75) is 33.1 Å². The van der Waals surface area contributed by atoms with Crippen LogP contribution in [0.3, 0.4) is 0 Å². The van der Waals surface area contributed by atoms with Crippen molar-refractivity contribution in [2.24, 2.45) is 11.3 Å². The molecule has 0 saturated heterocycles. The Balaban J connectivity index is 2.06. The molecular weight excluding hydrogens is 310 g/mol. The molecule has 2 N–H and O–H groups in total. The number of amides is 1. The van der Waals surface area contributed by atoms with Crippen molar-refractivity contribution in [3.05, 3.63) is 23.8 Å². The van der Waals surface area contributed by atoms with E-state index in [9.17, 15) is 14.7 Å². The Bertz CT molecular complexity index is 607. The van der Waals surface area contributed by atoms with E-state index in [1.807, 2.05) is 0 Å². The number of nitrogens with one attached hydrogen (secondary N) is 1. The van der Waals surface area contributed by atoms with Crippen molar-refractivity contribution in [1.82, 2.24) is 5.32 Å². The molecule has 1 aliphatic rings. The highest BCUT2D eigenvalue weighted by Gasteiger charge is 2.50. The molecule has 2 rings (SSSR count). The Morgan fingerprint density at radius 2 is 2.04 bits per heavy atom. The van der Waals surface area contributed by atoms with Crippen LogP contribution in [-0.4, -0.2) is 37.2 Å². The molecule has 1 amide bonds. The largest absolute Gasteiger partial charge is 0.497 e. The first kappa shape index (κ1) is 18.1. The fourth-order valence-corrected chi connectivity index (χ4v) is 2.30. The van der Waals surface area contributed by atoms with Crippen LogP contribution >= 0.6 is 0 Å². The zero-order valence-electron chi connectivity index (χ0n) is 14.4. The quantitative estimate of drug-likeness (QED) is 0.725. The van der Waals surface area contributed by atoms with Crippen molar-refractivity contribution in [2.75, 3.05) is 20.3 Å². The summed E-state index contributed by atoms with van der Waals surface area (Å²) in [4.78, 5) is 23.6. The first-order chi connectivity index (χ1) is 11.4. The lowest BCUT2D eigenvalue weighted by Gasteiger charge is -2.15. The third-order valence-electron chi connectivity index (χ3n) is 4.28. The lowest BCUT2D eigenvalue weighted by molar-refractivity contribution is -0.143. The van der Waals surface area contributed by atoms with Crippen molar-refractivity contribution >= 4 is 11.9 Å². The second kappa shape index (κ2) is 7.55. The van der Waals surface area contributed by atoms with Crippen LogP contribution < -0.4 is 14.8 Å². The Morgan fingerprint density at radius 1 is 1.33 bits per heavy atom. The van der Waals surface area contributed by atoms with E-state index < -0.39 is 11.4 Å². The van der Waals surface area contributed by atoms with Gasteiger partial charge in [-0.25, -0.2) is 0 Å². The van der Waals surface area contributed by atoms with Crippen LogP contribution in [0, 0.1) is 11.3 Å². The van der Waals surface area contributed by atoms with E-state index in [-0.39, 0.29) is 12.5 Å². The molecule has 1 aromatic rings. The predicted octanol–water partition coefficient (Wildman–Crippen LogP) is 2.71. The number of benzene rings is 1. The van der Waals surface area contributed by atoms with Gasteiger partial charge >= 0.3 is 5.97 Å². The zero-order valence-corrected chi connectivity index (χ0v) is 14.4. The van der Waals surface area contributed by atoms with Crippen LogP contribution in [0.4, 0.5) is 0 Å². The number of carboxylic acids is 1. The minimum Gasteiger partial charge on any atom is -0.497 e. The third-order valence-corrected chi connectivity index (χ3v) is 4.28. The molecule has 0 aromatic heterocycles. The van der Waals surface area contributed by atoms with Crippen LogP contribution in [0.15, 0.2) is 18.2 Å². The first-order valence-electron chi connectivity index (χ1n) is 8.20. The molecule has 0 spiro atoms. The molecule has 0 heterocycles. The van der Waals surface area contributed by atoms with Gasteiger partial charge in [0, 0.05) is 12.6 Å². The highest BCUT2D eigenvalue weighted by molar-refractivity contribution is 5.97. The van der Waals surface area contributed by atoms with Gasteiger partial charge in [-0.15, -0.1) is 0 Å². The van der Waals surface area contributed by atoms with Crippen LogP contribution in [-0.2, 0) is 4.79 Å². The summed E-state index contributed by atoms with van der Waals surface area (Å²) in [5.41, 5.74) is -0.401. The van der Waals surface area contributed by atoms with Gasteiger partial charge < -0.3 is 19.9 Å². The van der Waals surface area contributed by atoms with Gasteiger partial charge in [0.15, 0.2) is 0 Å². The van der Waals surface area contributed by atoms with Gasteiger partial charge in [0.25, 0.3) is 5.91 Å². The summed E-state index contributed by atoms with van der Waals surface area (Å²) >= 11 is 0. The van der Waals surface area contributed by atoms with E-state index in [0.717, 1.165) is 6.42 Å². The molecule has 1 saturated carbocycles. The molecule has 1 aliphatic carbocycles. The van der Waals surface area contributed by atoms with Crippen molar-refractivity contribution in [1.29, 1.82) is 0 Å². The van der Waals surface area contributed by atoms with Crippen molar-refractivity contribution in [3.8, 4) is 11.5 Å². The normalized spacial score (nSPS) is 15.0. The average Bonchev–Trinajstić information content (AvgIpc) is 3.33. The standard InChI is InChI=1S/C18H25NO5/c1-12(2)6-9-24-15-10-13(23-3)4-5-14(15)16(20)19-11-18(7-8-18)17(21)22/h4-5,10,12H,6-9,11H2,1-3H3,(H,19,20)(H,21,22). The Kier molecular flexibility index (Phi) is 5.70. The third kappa shape index (κ3) is 4.40. The number of ether oxygens (including phenoxy) is 2. The molecule has 6 nitrogen and oxygen atoms in total. The molecule has 6 heteroatoms. The number of carboxylic acid groups (broad SMARTS) is 1. The lowest BCUT2D eigenvalue weighted by atomic mass is 10.1. The number of rotatable bonds is 9. The fraction of sp³-hybridized carbons (Fsp3) is 0.556. The SMILES string of the molecule is COc1ccc(C(=O)NCC2(C(=O)O)CC2)c(OCCC(C)C)c1. The number of methoxy groups -OCH3 is 1. The minimum atomic E-state index is -0.856. The molecule has 0 atom stereocenters. The van der Waals surface area contributed by atoms with Crippen LogP contribution in [0.5, 0.6) is 11.5 Å². The summed E-state index contributed by atoms with van der Waals surface area (Å²) in [5, 5.41) is 11.9. The second-order valence-electron chi connectivity index (χ2n) is 6.66. The van der Waals surface area contributed by atoms with Crippen LogP contribution in [0.2, 0.25) is 0 Å².